The molecule has 0 amide bonds. The highest BCUT2D eigenvalue weighted by atomic mass is 35.5. The summed E-state index contributed by atoms with van der Waals surface area (Å²) in [6, 6.07) is 22.1. The van der Waals surface area contributed by atoms with Crippen LogP contribution < -0.4 is 0 Å². The molecule has 0 radical (unpaired) electrons. The van der Waals surface area contributed by atoms with Gasteiger partial charge in [-0.05, 0) is 66.6 Å². The van der Waals surface area contributed by atoms with Crippen molar-refractivity contribution >= 4 is 23.4 Å². The molecule has 3 aromatic carbocycles. The second kappa shape index (κ2) is 9.74. The summed E-state index contributed by atoms with van der Waals surface area (Å²) in [6.45, 7) is 3.51. The van der Waals surface area contributed by atoms with Crippen molar-refractivity contribution in [2.75, 3.05) is 6.26 Å². The molecule has 0 spiro atoms. The maximum Gasteiger partial charge on any atom is 0.118 e. The fraction of sp³-hybridized carbons (Fsp3) is 0.222. The van der Waals surface area contributed by atoms with Gasteiger partial charge in [0.25, 0.3) is 0 Å². The number of aromatic nitrogens is 2. The standard InChI is InChI=1S/C27H27ClN2O2S/c1-27(2,32)25-16-30(26(29-25)15-20-6-4-5-7-23(20)28)22-12-10-18(11-13-22)19-8-9-21(17-31)24(14-19)33-3/h4-14,16,31-32H,15,17H2,1-3H3. The Balaban J connectivity index is 1.71. The van der Waals surface area contributed by atoms with Gasteiger partial charge in [-0.3, -0.25) is 0 Å². The molecule has 0 bridgehead atoms. The quantitative estimate of drug-likeness (QED) is 0.309. The van der Waals surface area contributed by atoms with Gasteiger partial charge in [0.2, 0.25) is 0 Å². The van der Waals surface area contributed by atoms with E-state index in [4.69, 9.17) is 16.6 Å². The lowest BCUT2D eigenvalue weighted by atomic mass is 10.0. The number of hydrogen-bond donors (Lipinski definition) is 2. The van der Waals surface area contributed by atoms with Crippen molar-refractivity contribution in [2.24, 2.45) is 0 Å². The Morgan fingerprint density at radius 3 is 2.30 bits per heavy atom. The molecule has 170 valence electrons. The van der Waals surface area contributed by atoms with Gasteiger partial charge in [0, 0.05) is 28.2 Å². The van der Waals surface area contributed by atoms with Gasteiger partial charge in [0.1, 0.15) is 11.4 Å². The molecule has 0 unspecified atom stereocenters. The van der Waals surface area contributed by atoms with Crippen molar-refractivity contribution in [2.45, 2.75) is 37.4 Å². The molecule has 4 aromatic rings. The Morgan fingerprint density at radius 1 is 0.970 bits per heavy atom. The largest absolute Gasteiger partial charge is 0.392 e. The predicted octanol–water partition coefficient (Wildman–Crippen LogP) is 6.23. The average Bonchev–Trinajstić information content (AvgIpc) is 3.24. The summed E-state index contributed by atoms with van der Waals surface area (Å²) in [5, 5.41) is 20.8. The number of benzene rings is 3. The average molecular weight is 479 g/mol. The van der Waals surface area contributed by atoms with E-state index in [9.17, 15) is 10.2 Å². The Morgan fingerprint density at radius 2 is 1.67 bits per heavy atom. The first-order valence-electron chi connectivity index (χ1n) is 10.7. The third-order valence-electron chi connectivity index (χ3n) is 5.65. The molecule has 4 rings (SSSR count). The summed E-state index contributed by atoms with van der Waals surface area (Å²) in [6.07, 6.45) is 4.46. The van der Waals surface area contributed by atoms with Gasteiger partial charge >= 0.3 is 0 Å². The third kappa shape index (κ3) is 5.17. The molecule has 2 N–H and O–H groups in total. The monoisotopic (exact) mass is 478 g/mol. The van der Waals surface area contributed by atoms with Gasteiger partial charge in [0.15, 0.2) is 0 Å². The SMILES string of the molecule is CSc1cc(-c2ccc(-n3cc(C(C)(C)O)nc3Cc3ccccc3Cl)cc2)ccc1CO. The molecule has 0 saturated heterocycles. The van der Waals surface area contributed by atoms with E-state index < -0.39 is 5.60 Å². The maximum atomic E-state index is 10.6. The van der Waals surface area contributed by atoms with Crippen LogP contribution in [0, 0.1) is 0 Å². The summed E-state index contributed by atoms with van der Waals surface area (Å²) < 4.78 is 2.02. The highest BCUT2D eigenvalue weighted by molar-refractivity contribution is 7.98. The molecule has 0 saturated carbocycles. The van der Waals surface area contributed by atoms with E-state index in [2.05, 4.69) is 30.3 Å². The fourth-order valence-electron chi connectivity index (χ4n) is 3.74. The summed E-state index contributed by atoms with van der Waals surface area (Å²) in [5.74, 6) is 0.810. The van der Waals surface area contributed by atoms with Crippen LogP contribution in [-0.4, -0.2) is 26.0 Å². The van der Waals surface area contributed by atoms with Crippen molar-refractivity contribution in [1.29, 1.82) is 0 Å². The first-order valence-corrected chi connectivity index (χ1v) is 12.3. The van der Waals surface area contributed by atoms with Crippen LogP contribution in [0.3, 0.4) is 0 Å². The van der Waals surface area contributed by atoms with Gasteiger partial charge in [-0.1, -0.05) is 54.1 Å². The Labute approximate surface area is 203 Å². The highest BCUT2D eigenvalue weighted by Crippen LogP contribution is 2.30. The van der Waals surface area contributed by atoms with Crippen LogP contribution in [0.5, 0.6) is 0 Å². The number of thioether (sulfide) groups is 1. The van der Waals surface area contributed by atoms with Gasteiger partial charge in [0.05, 0.1) is 12.3 Å². The molecule has 0 aliphatic rings. The van der Waals surface area contributed by atoms with Crippen LogP contribution in [0.4, 0.5) is 0 Å². The Hall–Kier alpha value is -2.57. The minimum Gasteiger partial charge on any atom is -0.392 e. The minimum absolute atomic E-state index is 0.0355. The second-order valence-corrected chi connectivity index (χ2v) is 9.73. The van der Waals surface area contributed by atoms with E-state index in [-0.39, 0.29) is 6.61 Å². The number of aliphatic hydroxyl groups is 2. The van der Waals surface area contributed by atoms with Gasteiger partial charge in [-0.25, -0.2) is 4.98 Å². The van der Waals surface area contributed by atoms with Crippen molar-refractivity contribution in [3.63, 3.8) is 0 Å². The third-order valence-corrected chi connectivity index (χ3v) is 6.84. The number of rotatable bonds is 7. The van der Waals surface area contributed by atoms with Crippen LogP contribution in [0.15, 0.2) is 77.8 Å². The Bertz CT molecular complexity index is 1260. The van der Waals surface area contributed by atoms with Crippen LogP contribution in [-0.2, 0) is 18.6 Å². The molecule has 33 heavy (non-hydrogen) atoms. The maximum absolute atomic E-state index is 10.6. The lowest BCUT2D eigenvalue weighted by Crippen LogP contribution is -2.15. The van der Waals surface area contributed by atoms with Crippen LogP contribution >= 0.6 is 23.4 Å². The highest BCUT2D eigenvalue weighted by Gasteiger charge is 2.22. The zero-order valence-electron chi connectivity index (χ0n) is 18.9. The first kappa shape index (κ1) is 23.6. The van der Waals surface area contributed by atoms with Crippen LogP contribution in [0.2, 0.25) is 5.02 Å². The van der Waals surface area contributed by atoms with Crippen LogP contribution in [0.25, 0.3) is 16.8 Å². The molecular formula is C27H27ClN2O2S. The topological polar surface area (TPSA) is 58.3 Å². The molecule has 1 aromatic heterocycles. The minimum atomic E-state index is -1.05. The number of hydrogen-bond acceptors (Lipinski definition) is 4. The normalized spacial score (nSPS) is 11.7. The molecule has 0 atom stereocenters. The van der Waals surface area contributed by atoms with Crippen molar-refractivity contribution in [3.8, 4) is 16.8 Å². The van der Waals surface area contributed by atoms with E-state index in [0.717, 1.165) is 38.7 Å². The van der Waals surface area contributed by atoms with E-state index in [1.165, 1.54) is 0 Å². The van der Waals surface area contributed by atoms with Crippen molar-refractivity contribution < 1.29 is 10.2 Å². The lowest BCUT2D eigenvalue weighted by molar-refractivity contribution is 0.0741. The Kier molecular flexibility index (Phi) is 6.96. The predicted molar refractivity (Wildman–Crippen MR) is 136 cm³/mol. The summed E-state index contributed by atoms with van der Waals surface area (Å²) in [4.78, 5) is 5.82. The van der Waals surface area contributed by atoms with Crippen LogP contribution in [0.1, 0.15) is 36.5 Å². The molecule has 0 aliphatic heterocycles. The summed E-state index contributed by atoms with van der Waals surface area (Å²) in [7, 11) is 0. The molecule has 0 fully saturated rings. The van der Waals surface area contributed by atoms with Gasteiger partial charge in [-0.15, -0.1) is 11.8 Å². The van der Waals surface area contributed by atoms with E-state index >= 15 is 0 Å². The molecule has 4 nitrogen and oxygen atoms in total. The number of imidazole rings is 1. The smallest absolute Gasteiger partial charge is 0.118 e. The lowest BCUT2D eigenvalue weighted by Gasteiger charge is -2.13. The summed E-state index contributed by atoms with van der Waals surface area (Å²) >= 11 is 8.03. The van der Waals surface area contributed by atoms with Crippen molar-refractivity contribution in [1.82, 2.24) is 9.55 Å². The fourth-order valence-corrected chi connectivity index (χ4v) is 4.59. The van der Waals surface area contributed by atoms with E-state index in [1.807, 2.05) is 53.4 Å². The number of aliphatic hydroxyl groups excluding tert-OH is 1. The molecule has 6 heteroatoms. The zero-order chi connectivity index (χ0) is 23.6. The number of halogens is 1. The summed E-state index contributed by atoms with van der Waals surface area (Å²) in [5.41, 5.74) is 4.63. The molecular weight excluding hydrogens is 452 g/mol. The zero-order valence-corrected chi connectivity index (χ0v) is 20.5. The van der Waals surface area contributed by atoms with E-state index in [1.54, 1.807) is 25.6 Å². The first-order chi connectivity index (χ1) is 15.8. The molecule has 1 heterocycles. The van der Waals surface area contributed by atoms with Gasteiger partial charge < -0.3 is 14.8 Å². The van der Waals surface area contributed by atoms with E-state index in [0.29, 0.717) is 17.1 Å². The van der Waals surface area contributed by atoms with Crippen molar-refractivity contribution in [3.05, 3.63) is 101 Å². The molecule has 0 aliphatic carbocycles. The van der Waals surface area contributed by atoms with Gasteiger partial charge in [-0.2, -0.15) is 0 Å². The number of nitrogens with zero attached hydrogens (tertiary/aromatic N) is 2. The second-order valence-electron chi connectivity index (χ2n) is 8.47.